The van der Waals surface area contributed by atoms with E-state index in [0.717, 1.165) is 12.2 Å². The molecule has 0 aliphatic carbocycles. The summed E-state index contributed by atoms with van der Waals surface area (Å²) >= 11 is 1.29. The van der Waals surface area contributed by atoms with Crippen molar-refractivity contribution in [3.05, 3.63) is 65.5 Å². The van der Waals surface area contributed by atoms with Crippen LogP contribution in [0.4, 0.5) is 5.13 Å². The Bertz CT molecular complexity index is 1080. The fourth-order valence-corrected chi connectivity index (χ4v) is 5.04. The Kier molecular flexibility index (Phi) is 8.00. The Morgan fingerprint density at radius 1 is 1.13 bits per heavy atom. The van der Waals surface area contributed by atoms with Gasteiger partial charge in [-0.2, -0.15) is 4.37 Å². The van der Waals surface area contributed by atoms with Gasteiger partial charge in [0, 0.05) is 30.5 Å². The zero-order chi connectivity index (χ0) is 22.3. The molecule has 0 aliphatic heterocycles. The fraction of sp³-hybridized carbons (Fsp3) is 0.364. The number of anilines is 1. The van der Waals surface area contributed by atoms with Crippen molar-refractivity contribution in [1.82, 2.24) is 14.1 Å². The lowest BCUT2D eigenvalue weighted by atomic mass is 10.1. The molecule has 1 aromatic heterocycles. The molecule has 1 heterocycles. The van der Waals surface area contributed by atoms with E-state index in [1.807, 2.05) is 19.1 Å². The fourth-order valence-electron chi connectivity index (χ4n) is 3.18. The van der Waals surface area contributed by atoms with E-state index < -0.39 is 10.0 Å². The predicted octanol–water partition coefficient (Wildman–Crippen LogP) is 4.01. The third-order valence-electron chi connectivity index (χ3n) is 4.91. The Morgan fingerprint density at radius 2 is 1.87 bits per heavy atom. The summed E-state index contributed by atoms with van der Waals surface area (Å²) in [6, 6.07) is 14.3. The topological polar surface area (TPSA) is 93.2 Å². The number of benzene rings is 2. The number of ether oxygens (including phenoxy) is 1. The second kappa shape index (κ2) is 10.7. The van der Waals surface area contributed by atoms with Crippen LogP contribution in [0.25, 0.3) is 0 Å². The summed E-state index contributed by atoms with van der Waals surface area (Å²) in [7, 11) is -2.08. The highest BCUT2D eigenvalue weighted by Gasteiger charge is 2.20. The van der Waals surface area contributed by atoms with Crippen LogP contribution in [0.2, 0.25) is 0 Å². The van der Waals surface area contributed by atoms with Crippen molar-refractivity contribution in [3.63, 3.8) is 0 Å². The van der Waals surface area contributed by atoms with Crippen LogP contribution in [-0.4, -0.2) is 37.5 Å². The van der Waals surface area contributed by atoms with Crippen molar-refractivity contribution >= 4 is 26.7 Å². The minimum absolute atomic E-state index is 0.214. The average molecular weight is 461 g/mol. The molecule has 0 saturated heterocycles. The highest BCUT2D eigenvalue weighted by atomic mass is 32.2. The van der Waals surface area contributed by atoms with Crippen molar-refractivity contribution in [2.75, 3.05) is 19.0 Å². The normalized spacial score (nSPS) is 12.5. The molecule has 2 aromatic carbocycles. The van der Waals surface area contributed by atoms with Crippen molar-refractivity contribution in [1.29, 1.82) is 0 Å². The van der Waals surface area contributed by atoms with Crippen LogP contribution in [0, 0.1) is 6.92 Å². The van der Waals surface area contributed by atoms with E-state index in [1.165, 1.54) is 22.7 Å². The van der Waals surface area contributed by atoms with E-state index in [9.17, 15) is 8.42 Å². The molecule has 7 nitrogen and oxygen atoms in total. The van der Waals surface area contributed by atoms with Crippen LogP contribution in [0.3, 0.4) is 0 Å². The minimum Gasteiger partial charge on any atom is -0.497 e. The van der Waals surface area contributed by atoms with Crippen molar-refractivity contribution in [2.24, 2.45) is 0 Å². The molecule has 3 aromatic rings. The quantitative estimate of drug-likeness (QED) is 0.449. The van der Waals surface area contributed by atoms with Gasteiger partial charge in [-0.1, -0.05) is 37.6 Å². The van der Waals surface area contributed by atoms with Crippen molar-refractivity contribution in [2.45, 2.75) is 44.0 Å². The van der Waals surface area contributed by atoms with Gasteiger partial charge in [0.15, 0.2) is 0 Å². The van der Waals surface area contributed by atoms with Gasteiger partial charge in [0.2, 0.25) is 15.2 Å². The zero-order valence-electron chi connectivity index (χ0n) is 18.0. The number of nitrogens with one attached hydrogen (secondary N) is 2. The Morgan fingerprint density at radius 3 is 2.55 bits per heavy atom. The van der Waals surface area contributed by atoms with Gasteiger partial charge in [-0.15, -0.1) is 0 Å². The summed E-state index contributed by atoms with van der Waals surface area (Å²) in [4.78, 5) is 4.77. The first-order valence-electron chi connectivity index (χ1n) is 10.2. The summed E-state index contributed by atoms with van der Waals surface area (Å²) in [5, 5.41) is 3.93. The maximum Gasteiger partial charge on any atom is 0.240 e. The van der Waals surface area contributed by atoms with Gasteiger partial charge in [0.05, 0.1) is 12.0 Å². The smallest absolute Gasteiger partial charge is 0.240 e. The average Bonchev–Trinajstić information content (AvgIpc) is 3.21. The molecule has 0 amide bonds. The molecular weight excluding hydrogens is 432 g/mol. The lowest BCUT2D eigenvalue weighted by Crippen LogP contribution is -2.39. The number of methoxy groups -OCH3 is 1. The van der Waals surface area contributed by atoms with Gasteiger partial charge in [0.25, 0.3) is 0 Å². The van der Waals surface area contributed by atoms with E-state index in [2.05, 4.69) is 38.5 Å². The van der Waals surface area contributed by atoms with Crippen LogP contribution < -0.4 is 14.8 Å². The molecule has 0 bridgehead atoms. The number of hydrogen-bond donors (Lipinski definition) is 2. The summed E-state index contributed by atoms with van der Waals surface area (Å²) in [6.45, 7) is 4.54. The number of sulfonamides is 1. The molecule has 1 atom stereocenters. The number of aryl methyl sites for hydroxylation is 1. The highest BCUT2D eigenvalue weighted by Crippen LogP contribution is 2.18. The number of rotatable bonds is 11. The van der Waals surface area contributed by atoms with E-state index >= 15 is 0 Å². The molecule has 2 N–H and O–H groups in total. The summed E-state index contributed by atoms with van der Waals surface area (Å²) < 4.78 is 37.9. The Hall–Kier alpha value is -2.49. The van der Waals surface area contributed by atoms with Gasteiger partial charge >= 0.3 is 0 Å². The molecule has 3 rings (SSSR count). The Labute approximate surface area is 188 Å². The van der Waals surface area contributed by atoms with Gasteiger partial charge < -0.3 is 10.1 Å². The summed E-state index contributed by atoms with van der Waals surface area (Å²) in [5.41, 5.74) is 2.41. The highest BCUT2D eigenvalue weighted by molar-refractivity contribution is 7.89. The third-order valence-corrected chi connectivity index (χ3v) is 7.15. The van der Waals surface area contributed by atoms with Gasteiger partial charge in [-0.3, -0.25) is 0 Å². The maximum absolute atomic E-state index is 12.8. The number of nitrogens with zero attached hydrogens (tertiary/aromatic N) is 2. The largest absolute Gasteiger partial charge is 0.497 e. The molecule has 166 valence electrons. The van der Waals surface area contributed by atoms with Crippen LogP contribution in [0.5, 0.6) is 5.75 Å². The SMILES string of the molecule is CCCC(CNc1nc(Cc2ccccc2C)ns1)NS(=O)(=O)c1ccc(OC)cc1. The van der Waals surface area contributed by atoms with Crippen molar-refractivity contribution < 1.29 is 13.2 Å². The van der Waals surface area contributed by atoms with Crippen LogP contribution in [0.15, 0.2) is 53.4 Å². The molecule has 9 heteroatoms. The van der Waals surface area contributed by atoms with Gasteiger partial charge in [-0.25, -0.2) is 18.1 Å². The van der Waals surface area contributed by atoms with Crippen LogP contribution in [-0.2, 0) is 16.4 Å². The summed E-state index contributed by atoms with van der Waals surface area (Å²) in [6.07, 6.45) is 2.23. The molecule has 1 unspecified atom stereocenters. The molecule has 0 radical (unpaired) electrons. The van der Waals surface area contributed by atoms with E-state index in [1.54, 1.807) is 31.4 Å². The van der Waals surface area contributed by atoms with E-state index in [-0.39, 0.29) is 10.9 Å². The molecule has 0 aliphatic rings. The monoisotopic (exact) mass is 460 g/mol. The lowest BCUT2D eigenvalue weighted by molar-refractivity contribution is 0.414. The minimum atomic E-state index is -3.63. The third kappa shape index (κ3) is 6.49. The first-order valence-corrected chi connectivity index (χ1v) is 12.4. The van der Waals surface area contributed by atoms with Crippen LogP contribution >= 0.6 is 11.5 Å². The van der Waals surface area contributed by atoms with Gasteiger partial charge in [-0.05, 0) is 48.7 Å². The molecule has 31 heavy (non-hydrogen) atoms. The maximum atomic E-state index is 12.8. The van der Waals surface area contributed by atoms with E-state index in [4.69, 9.17) is 4.74 Å². The zero-order valence-corrected chi connectivity index (χ0v) is 19.6. The second-order valence-corrected chi connectivity index (χ2v) is 9.75. The summed E-state index contributed by atoms with van der Waals surface area (Å²) in [5.74, 6) is 1.37. The van der Waals surface area contributed by atoms with E-state index in [0.29, 0.717) is 30.3 Å². The standard InChI is InChI=1S/C22H28N4O3S2/c1-4-7-18(26-31(27,28)20-12-10-19(29-3)11-13-20)15-23-22-24-21(25-30-22)14-17-9-6-5-8-16(17)2/h5-6,8-13,18,26H,4,7,14-15H2,1-3H3,(H,23,24,25). The lowest BCUT2D eigenvalue weighted by Gasteiger charge is -2.18. The first kappa shape index (κ1) is 23.2. The van der Waals surface area contributed by atoms with Gasteiger partial charge in [0.1, 0.15) is 11.6 Å². The molecule has 0 spiro atoms. The molecule has 0 saturated carbocycles. The number of aromatic nitrogens is 2. The number of hydrogen-bond acceptors (Lipinski definition) is 7. The first-order chi connectivity index (χ1) is 14.9. The molecular formula is C22H28N4O3S2. The Balaban J connectivity index is 1.61. The second-order valence-electron chi connectivity index (χ2n) is 7.28. The predicted molar refractivity (Wildman–Crippen MR) is 124 cm³/mol. The van der Waals surface area contributed by atoms with Crippen molar-refractivity contribution in [3.8, 4) is 5.75 Å². The molecule has 0 fully saturated rings. The van der Waals surface area contributed by atoms with Crippen LogP contribution in [0.1, 0.15) is 36.7 Å².